The minimum atomic E-state index is -3.40. The Hall–Kier alpha value is -0.630. The summed E-state index contributed by atoms with van der Waals surface area (Å²) in [7, 11) is -1.90. The Bertz CT molecular complexity index is 519. The molecule has 0 spiro atoms. The van der Waals surface area contributed by atoms with Gasteiger partial charge in [0.1, 0.15) is 5.75 Å². The summed E-state index contributed by atoms with van der Waals surface area (Å²) in [5, 5.41) is 5.09. The minimum absolute atomic E-state index is 0.324. The van der Waals surface area contributed by atoms with Gasteiger partial charge in [-0.1, -0.05) is 6.92 Å². The number of ether oxygens (including phenoxy) is 1. The summed E-state index contributed by atoms with van der Waals surface area (Å²) in [5.74, 6) is 1.02. The highest BCUT2D eigenvalue weighted by atomic mass is 32.2. The molecule has 0 atom stereocenters. The van der Waals surface area contributed by atoms with Crippen LogP contribution in [0, 0.1) is 5.92 Å². The van der Waals surface area contributed by atoms with E-state index in [1.807, 2.05) is 0 Å². The first-order valence-corrected chi connectivity index (χ1v) is 9.24. The SMILES string of the molecule is CCNCC1CCN(S(=O)(=O)c2sccc2OC)CC1. The number of piperidine rings is 1. The molecule has 0 saturated carbocycles. The number of nitrogens with one attached hydrogen (secondary N) is 1. The van der Waals surface area contributed by atoms with E-state index in [0.717, 1.165) is 25.9 Å². The van der Waals surface area contributed by atoms with Crippen molar-refractivity contribution in [2.45, 2.75) is 24.0 Å². The number of methoxy groups -OCH3 is 1. The van der Waals surface area contributed by atoms with Crippen molar-refractivity contribution in [2.75, 3.05) is 33.3 Å². The van der Waals surface area contributed by atoms with Crippen LogP contribution in [-0.4, -0.2) is 46.0 Å². The third-order valence-electron chi connectivity index (χ3n) is 3.65. The lowest BCUT2D eigenvalue weighted by Crippen LogP contribution is -2.40. The molecule has 2 heterocycles. The van der Waals surface area contributed by atoms with Gasteiger partial charge >= 0.3 is 0 Å². The Kier molecular flexibility index (Phi) is 5.42. The fourth-order valence-electron chi connectivity index (χ4n) is 2.44. The third kappa shape index (κ3) is 3.33. The molecule has 1 aliphatic heterocycles. The Morgan fingerprint density at radius 3 is 2.75 bits per heavy atom. The summed E-state index contributed by atoms with van der Waals surface area (Å²) in [6, 6.07) is 1.70. The molecular weight excluding hydrogens is 296 g/mol. The molecule has 2 rings (SSSR count). The normalized spacial score (nSPS) is 18.3. The molecule has 7 heteroatoms. The van der Waals surface area contributed by atoms with Crippen LogP contribution in [0.25, 0.3) is 0 Å². The molecule has 0 amide bonds. The zero-order valence-corrected chi connectivity index (χ0v) is 13.6. The van der Waals surface area contributed by atoms with Gasteiger partial charge in [-0.05, 0) is 43.3 Å². The van der Waals surface area contributed by atoms with Crippen molar-refractivity contribution >= 4 is 21.4 Å². The zero-order chi connectivity index (χ0) is 14.6. The van der Waals surface area contributed by atoms with Gasteiger partial charge in [0.25, 0.3) is 10.0 Å². The van der Waals surface area contributed by atoms with Gasteiger partial charge in [-0.15, -0.1) is 11.3 Å². The van der Waals surface area contributed by atoms with Gasteiger partial charge < -0.3 is 10.1 Å². The Labute approximate surface area is 125 Å². The smallest absolute Gasteiger partial charge is 0.256 e. The Morgan fingerprint density at radius 2 is 2.15 bits per heavy atom. The lowest BCUT2D eigenvalue weighted by Gasteiger charge is -2.31. The Morgan fingerprint density at radius 1 is 1.45 bits per heavy atom. The highest BCUT2D eigenvalue weighted by molar-refractivity contribution is 7.91. The maximum absolute atomic E-state index is 12.6. The van der Waals surface area contributed by atoms with Gasteiger partial charge in [-0.25, -0.2) is 8.42 Å². The molecule has 1 saturated heterocycles. The Balaban J connectivity index is 2.02. The van der Waals surface area contributed by atoms with Crippen molar-refractivity contribution in [3.05, 3.63) is 11.4 Å². The topological polar surface area (TPSA) is 58.6 Å². The van der Waals surface area contributed by atoms with Crippen molar-refractivity contribution in [2.24, 2.45) is 5.92 Å². The van der Waals surface area contributed by atoms with Crippen molar-refractivity contribution in [1.82, 2.24) is 9.62 Å². The fourth-order valence-corrected chi connectivity index (χ4v) is 5.33. The molecular formula is C13H22N2O3S2. The average molecular weight is 318 g/mol. The summed E-state index contributed by atoms with van der Waals surface area (Å²) >= 11 is 1.22. The number of rotatable bonds is 6. The van der Waals surface area contributed by atoms with E-state index in [2.05, 4.69) is 12.2 Å². The number of hydrogen-bond donors (Lipinski definition) is 1. The van der Waals surface area contributed by atoms with Crippen LogP contribution in [0.2, 0.25) is 0 Å². The molecule has 114 valence electrons. The number of thiophene rings is 1. The molecule has 1 aromatic rings. The molecule has 0 aliphatic carbocycles. The van der Waals surface area contributed by atoms with E-state index < -0.39 is 10.0 Å². The fraction of sp³-hybridized carbons (Fsp3) is 0.692. The molecule has 1 aromatic heterocycles. The largest absolute Gasteiger partial charge is 0.494 e. The van der Waals surface area contributed by atoms with Gasteiger partial charge in [0.05, 0.1) is 7.11 Å². The zero-order valence-electron chi connectivity index (χ0n) is 12.0. The second kappa shape index (κ2) is 6.89. The van der Waals surface area contributed by atoms with Crippen molar-refractivity contribution < 1.29 is 13.2 Å². The summed E-state index contributed by atoms with van der Waals surface area (Å²) in [6.45, 7) is 5.22. The van der Waals surface area contributed by atoms with Crippen LogP contribution in [0.1, 0.15) is 19.8 Å². The molecule has 5 nitrogen and oxygen atoms in total. The van der Waals surface area contributed by atoms with E-state index in [9.17, 15) is 8.42 Å². The van der Waals surface area contributed by atoms with E-state index in [-0.39, 0.29) is 0 Å². The van der Waals surface area contributed by atoms with E-state index in [1.54, 1.807) is 15.8 Å². The monoisotopic (exact) mass is 318 g/mol. The van der Waals surface area contributed by atoms with Gasteiger partial charge in [0.15, 0.2) is 4.21 Å². The maximum Gasteiger partial charge on any atom is 0.256 e. The van der Waals surface area contributed by atoms with Crippen LogP contribution in [0.4, 0.5) is 0 Å². The van der Waals surface area contributed by atoms with Crippen LogP contribution in [0.5, 0.6) is 5.75 Å². The average Bonchev–Trinajstić information content (AvgIpc) is 2.95. The van der Waals surface area contributed by atoms with Crippen LogP contribution in [0.15, 0.2) is 15.7 Å². The quantitative estimate of drug-likeness (QED) is 0.868. The molecule has 0 unspecified atom stereocenters. The van der Waals surface area contributed by atoms with E-state index in [4.69, 9.17) is 4.74 Å². The van der Waals surface area contributed by atoms with Crippen LogP contribution in [-0.2, 0) is 10.0 Å². The van der Waals surface area contributed by atoms with Gasteiger partial charge in [0.2, 0.25) is 0 Å². The van der Waals surface area contributed by atoms with Crippen molar-refractivity contribution in [1.29, 1.82) is 0 Å². The first kappa shape index (κ1) is 15.8. The highest BCUT2D eigenvalue weighted by Crippen LogP contribution is 2.33. The van der Waals surface area contributed by atoms with E-state index >= 15 is 0 Å². The molecule has 0 aromatic carbocycles. The van der Waals surface area contributed by atoms with Crippen LogP contribution >= 0.6 is 11.3 Å². The predicted molar refractivity (Wildman–Crippen MR) is 80.9 cm³/mol. The lowest BCUT2D eigenvalue weighted by atomic mass is 9.98. The summed E-state index contributed by atoms with van der Waals surface area (Å²) in [4.78, 5) is 0. The van der Waals surface area contributed by atoms with Crippen molar-refractivity contribution in [3.8, 4) is 5.75 Å². The maximum atomic E-state index is 12.6. The highest BCUT2D eigenvalue weighted by Gasteiger charge is 2.32. The molecule has 0 bridgehead atoms. The first-order valence-electron chi connectivity index (χ1n) is 6.92. The second-order valence-corrected chi connectivity index (χ2v) is 7.98. The first-order chi connectivity index (χ1) is 9.59. The molecule has 20 heavy (non-hydrogen) atoms. The summed E-state index contributed by atoms with van der Waals surface area (Å²) in [6.07, 6.45) is 1.83. The number of sulfonamides is 1. The standard InChI is InChI=1S/C13H22N2O3S2/c1-3-14-10-11-4-7-15(8-5-11)20(16,17)13-12(18-2)6-9-19-13/h6,9,11,14H,3-5,7-8,10H2,1-2H3. The minimum Gasteiger partial charge on any atom is -0.494 e. The number of hydrogen-bond acceptors (Lipinski definition) is 5. The molecule has 0 radical (unpaired) electrons. The van der Waals surface area contributed by atoms with E-state index in [0.29, 0.717) is 29.0 Å². The van der Waals surface area contributed by atoms with E-state index in [1.165, 1.54) is 18.4 Å². The van der Waals surface area contributed by atoms with Crippen LogP contribution < -0.4 is 10.1 Å². The number of nitrogens with zero attached hydrogens (tertiary/aromatic N) is 1. The van der Waals surface area contributed by atoms with Gasteiger partial charge in [0, 0.05) is 13.1 Å². The summed E-state index contributed by atoms with van der Waals surface area (Å²) < 4.78 is 32.2. The molecule has 1 aliphatic rings. The summed E-state index contributed by atoms with van der Waals surface area (Å²) in [5.41, 5.74) is 0. The molecule has 1 fully saturated rings. The van der Waals surface area contributed by atoms with Gasteiger partial charge in [-0.2, -0.15) is 4.31 Å². The molecule has 1 N–H and O–H groups in total. The van der Waals surface area contributed by atoms with Gasteiger partial charge in [-0.3, -0.25) is 0 Å². The van der Waals surface area contributed by atoms with Crippen molar-refractivity contribution in [3.63, 3.8) is 0 Å². The predicted octanol–water partition coefficient (Wildman–Crippen LogP) is 1.77. The second-order valence-electron chi connectivity index (χ2n) is 4.93. The third-order valence-corrected chi connectivity index (χ3v) is 6.97. The van der Waals surface area contributed by atoms with Crippen LogP contribution in [0.3, 0.4) is 0 Å². The lowest BCUT2D eigenvalue weighted by molar-refractivity contribution is 0.268.